The van der Waals surface area contributed by atoms with Gasteiger partial charge < -0.3 is 0 Å². The highest BCUT2D eigenvalue weighted by atomic mass is 19.1. The van der Waals surface area contributed by atoms with E-state index in [0.29, 0.717) is 6.42 Å². The third-order valence-corrected chi connectivity index (χ3v) is 2.46. The van der Waals surface area contributed by atoms with Crippen molar-refractivity contribution in [1.82, 2.24) is 0 Å². The first-order valence-corrected chi connectivity index (χ1v) is 4.94. The zero-order valence-corrected chi connectivity index (χ0v) is 8.46. The van der Waals surface area contributed by atoms with Crippen molar-refractivity contribution in [2.24, 2.45) is 0 Å². The number of benzene rings is 2. The summed E-state index contributed by atoms with van der Waals surface area (Å²) in [5.41, 5.74) is 0.191. The summed E-state index contributed by atoms with van der Waals surface area (Å²) in [6, 6.07) is 10.5. The largest absolute Gasteiger partial charge is 0.294 e. The van der Waals surface area contributed by atoms with Gasteiger partial charge in [-0.15, -0.1) is 0 Å². The summed E-state index contributed by atoms with van der Waals surface area (Å²) in [5, 5.41) is 1.72. The second-order valence-corrected chi connectivity index (χ2v) is 3.46. The molecular weight excluding hydrogens is 191 g/mol. The fraction of sp³-hybridized carbons (Fsp3) is 0.154. The van der Waals surface area contributed by atoms with Gasteiger partial charge in [0.2, 0.25) is 0 Å². The van der Waals surface area contributed by atoms with E-state index in [4.69, 9.17) is 0 Å². The number of rotatable bonds is 2. The standard InChI is InChI=1S/C13H11FO/c1-2-13(15)11-7-9-5-3-4-6-10(9)8-12(11)14/h3-8H,2H2,1H3. The zero-order chi connectivity index (χ0) is 10.8. The van der Waals surface area contributed by atoms with E-state index in [9.17, 15) is 9.18 Å². The van der Waals surface area contributed by atoms with Crippen LogP contribution in [0.4, 0.5) is 4.39 Å². The Morgan fingerprint density at radius 3 is 2.40 bits per heavy atom. The smallest absolute Gasteiger partial charge is 0.165 e. The van der Waals surface area contributed by atoms with Crippen molar-refractivity contribution in [3.8, 4) is 0 Å². The molecule has 0 spiro atoms. The van der Waals surface area contributed by atoms with Gasteiger partial charge in [-0.05, 0) is 22.9 Å². The number of carbonyl (C=O) groups is 1. The van der Waals surface area contributed by atoms with Crippen LogP contribution in [0.3, 0.4) is 0 Å². The third kappa shape index (κ3) is 1.75. The molecule has 0 bridgehead atoms. The fourth-order valence-electron chi connectivity index (χ4n) is 1.62. The molecule has 0 aliphatic heterocycles. The molecule has 1 nitrogen and oxygen atoms in total. The Balaban J connectivity index is 2.67. The number of hydrogen-bond donors (Lipinski definition) is 0. The Morgan fingerprint density at radius 2 is 1.80 bits per heavy atom. The van der Waals surface area contributed by atoms with Gasteiger partial charge in [-0.2, -0.15) is 0 Å². The summed E-state index contributed by atoms with van der Waals surface area (Å²) in [7, 11) is 0. The van der Waals surface area contributed by atoms with Crippen molar-refractivity contribution in [3.05, 3.63) is 47.8 Å². The molecule has 0 aliphatic rings. The maximum absolute atomic E-state index is 13.5. The minimum absolute atomic E-state index is 0.154. The SMILES string of the molecule is CCC(=O)c1cc2ccccc2cc1F. The van der Waals surface area contributed by atoms with E-state index >= 15 is 0 Å². The van der Waals surface area contributed by atoms with Crippen LogP contribution in [0.2, 0.25) is 0 Å². The average molecular weight is 202 g/mol. The molecule has 15 heavy (non-hydrogen) atoms. The van der Waals surface area contributed by atoms with Crippen LogP contribution in [-0.4, -0.2) is 5.78 Å². The number of ketones is 1. The summed E-state index contributed by atoms with van der Waals surface area (Å²) in [5.74, 6) is -0.584. The van der Waals surface area contributed by atoms with Gasteiger partial charge in [-0.3, -0.25) is 4.79 Å². The van der Waals surface area contributed by atoms with Gasteiger partial charge in [0.15, 0.2) is 5.78 Å². The quantitative estimate of drug-likeness (QED) is 0.680. The van der Waals surface area contributed by atoms with Gasteiger partial charge in [0, 0.05) is 6.42 Å². The Bertz CT molecular complexity index is 517. The predicted molar refractivity (Wildman–Crippen MR) is 58.5 cm³/mol. The molecule has 2 rings (SSSR count). The van der Waals surface area contributed by atoms with Gasteiger partial charge in [-0.25, -0.2) is 4.39 Å². The number of halogens is 1. The Labute approximate surface area is 87.5 Å². The molecule has 2 heteroatoms. The Morgan fingerprint density at radius 1 is 1.20 bits per heavy atom. The second-order valence-electron chi connectivity index (χ2n) is 3.46. The molecule has 0 saturated carbocycles. The normalized spacial score (nSPS) is 10.5. The molecule has 0 amide bonds. The summed E-state index contributed by atoms with van der Waals surface area (Å²) in [6.45, 7) is 1.73. The van der Waals surface area contributed by atoms with Crippen LogP contribution in [0.15, 0.2) is 36.4 Å². The van der Waals surface area contributed by atoms with Crippen LogP contribution in [0.5, 0.6) is 0 Å². The summed E-state index contributed by atoms with van der Waals surface area (Å²) in [6.07, 6.45) is 0.329. The molecule has 0 atom stereocenters. The van der Waals surface area contributed by atoms with Crippen molar-refractivity contribution >= 4 is 16.6 Å². The minimum Gasteiger partial charge on any atom is -0.294 e. The molecule has 0 aromatic heterocycles. The molecule has 0 heterocycles. The van der Waals surface area contributed by atoms with E-state index in [0.717, 1.165) is 10.8 Å². The predicted octanol–water partition coefficient (Wildman–Crippen LogP) is 3.57. The van der Waals surface area contributed by atoms with E-state index < -0.39 is 5.82 Å². The molecular formula is C13H11FO. The van der Waals surface area contributed by atoms with Crippen LogP contribution < -0.4 is 0 Å². The second kappa shape index (κ2) is 3.81. The first-order chi connectivity index (χ1) is 7.22. The van der Waals surface area contributed by atoms with Crippen LogP contribution >= 0.6 is 0 Å². The molecule has 0 fully saturated rings. The van der Waals surface area contributed by atoms with E-state index in [1.54, 1.807) is 13.0 Å². The molecule has 0 N–H and O–H groups in total. The highest BCUT2D eigenvalue weighted by Crippen LogP contribution is 2.20. The molecule has 0 unspecified atom stereocenters. The number of Topliss-reactive ketones (excluding diaryl/α,β-unsaturated/α-hetero) is 1. The summed E-state index contributed by atoms with van der Waals surface area (Å²) in [4.78, 5) is 11.4. The lowest BCUT2D eigenvalue weighted by Crippen LogP contribution is -2.00. The lowest BCUT2D eigenvalue weighted by Gasteiger charge is -2.03. The number of hydrogen-bond acceptors (Lipinski definition) is 1. The maximum Gasteiger partial charge on any atom is 0.165 e. The van der Waals surface area contributed by atoms with Crippen molar-refractivity contribution in [1.29, 1.82) is 0 Å². The minimum atomic E-state index is -0.430. The molecule has 2 aromatic carbocycles. The van der Waals surface area contributed by atoms with Crippen LogP contribution in [0.25, 0.3) is 10.8 Å². The highest BCUT2D eigenvalue weighted by Gasteiger charge is 2.10. The van der Waals surface area contributed by atoms with E-state index in [1.807, 2.05) is 24.3 Å². The van der Waals surface area contributed by atoms with Crippen LogP contribution in [0.1, 0.15) is 23.7 Å². The molecule has 0 aliphatic carbocycles. The summed E-state index contributed by atoms with van der Waals surface area (Å²) >= 11 is 0. The first kappa shape index (κ1) is 9.84. The van der Waals surface area contributed by atoms with Crippen LogP contribution in [-0.2, 0) is 0 Å². The van der Waals surface area contributed by atoms with E-state index in [2.05, 4.69) is 0 Å². The first-order valence-electron chi connectivity index (χ1n) is 4.94. The van der Waals surface area contributed by atoms with Crippen molar-refractivity contribution < 1.29 is 9.18 Å². The Kier molecular flexibility index (Phi) is 2.50. The molecule has 0 saturated heterocycles. The Hall–Kier alpha value is -1.70. The molecule has 2 aromatic rings. The van der Waals surface area contributed by atoms with E-state index in [-0.39, 0.29) is 11.3 Å². The van der Waals surface area contributed by atoms with Crippen molar-refractivity contribution in [3.63, 3.8) is 0 Å². The van der Waals surface area contributed by atoms with Crippen molar-refractivity contribution in [2.75, 3.05) is 0 Å². The monoisotopic (exact) mass is 202 g/mol. The van der Waals surface area contributed by atoms with Gasteiger partial charge in [0.1, 0.15) is 5.82 Å². The lowest BCUT2D eigenvalue weighted by molar-refractivity contribution is 0.0984. The molecule has 0 radical (unpaired) electrons. The summed E-state index contributed by atoms with van der Waals surface area (Å²) < 4.78 is 13.5. The van der Waals surface area contributed by atoms with Crippen LogP contribution in [0, 0.1) is 5.82 Å². The van der Waals surface area contributed by atoms with Gasteiger partial charge in [-0.1, -0.05) is 31.2 Å². The van der Waals surface area contributed by atoms with Gasteiger partial charge >= 0.3 is 0 Å². The highest BCUT2D eigenvalue weighted by molar-refractivity contribution is 6.00. The average Bonchev–Trinajstić information content (AvgIpc) is 2.27. The topological polar surface area (TPSA) is 17.1 Å². The lowest BCUT2D eigenvalue weighted by atomic mass is 10.0. The third-order valence-electron chi connectivity index (χ3n) is 2.46. The van der Waals surface area contributed by atoms with Crippen molar-refractivity contribution in [2.45, 2.75) is 13.3 Å². The van der Waals surface area contributed by atoms with Gasteiger partial charge in [0.05, 0.1) is 5.56 Å². The fourth-order valence-corrected chi connectivity index (χ4v) is 1.62. The molecule has 76 valence electrons. The van der Waals surface area contributed by atoms with E-state index in [1.165, 1.54) is 6.07 Å². The zero-order valence-electron chi connectivity index (χ0n) is 8.46. The van der Waals surface area contributed by atoms with Gasteiger partial charge in [0.25, 0.3) is 0 Å². The number of carbonyl (C=O) groups excluding carboxylic acids is 1. The number of fused-ring (bicyclic) bond motifs is 1. The maximum atomic E-state index is 13.5.